The van der Waals surface area contributed by atoms with Gasteiger partial charge >= 0.3 is 5.97 Å². The van der Waals surface area contributed by atoms with Crippen LogP contribution in [-0.2, 0) is 11.3 Å². The van der Waals surface area contributed by atoms with E-state index in [0.717, 1.165) is 0 Å². The summed E-state index contributed by atoms with van der Waals surface area (Å²) in [6.07, 6.45) is 3.58. The smallest absolute Gasteiger partial charge is 0.305 e. The fourth-order valence-corrected chi connectivity index (χ4v) is 1.59. The molecule has 1 aromatic heterocycles. The highest BCUT2D eigenvalue weighted by atomic mass is 16.4. The van der Waals surface area contributed by atoms with Crippen LogP contribution in [0.5, 0.6) is 0 Å². The molecular weight excluding hydrogens is 234 g/mol. The van der Waals surface area contributed by atoms with Crippen LogP contribution in [0.4, 0.5) is 0 Å². The Morgan fingerprint density at radius 1 is 1.50 bits per heavy atom. The average Bonchev–Trinajstić information content (AvgIpc) is 2.76. The number of aryl methyl sites for hydroxylation is 1. The molecule has 0 spiro atoms. The van der Waals surface area contributed by atoms with Crippen LogP contribution in [0.3, 0.4) is 0 Å². The fraction of sp³-hybridized carbons (Fsp3) is 0.583. The molecule has 100 valence electrons. The number of hydrogen-bond donors (Lipinski definition) is 2. The van der Waals surface area contributed by atoms with Gasteiger partial charge < -0.3 is 10.4 Å². The number of amides is 1. The Morgan fingerprint density at radius 3 is 2.61 bits per heavy atom. The third kappa shape index (κ3) is 3.58. The van der Waals surface area contributed by atoms with Crippen molar-refractivity contribution in [3.63, 3.8) is 0 Å². The summed E-state index contributed by atoms with van der Waals surface area (Å²) in [6, 6.07) is 0. The molecule has 0 unspecified atom stereocenters. The highest BCUT2D eigenvalue weighted by Gasteiger charge is 2.28. The number of carboxylic acid groups (broad SMARTS) is 1. The van der Waals surface area contributed by atoms with Crippen LogP contribution < -0.4 is 5.32 Å². The van der Waals surface area contributed by atoms with Crippen molar-refractivity contribution in [2.45, 2.75) is 45.7 Å². The molecule has 0 saturated carbocycles. The van der Waals surface area contributed by atoms with Crippen molar-refractivity contribution >= 4 is 11.9 Å². The first kappa shape index (κ1) is 14.2. The lowest BCUT2D eigenvalue weighted by Gasteiger charge is -2.27. The number of nitrogens with one attached hydrogen (secondary N) is 1. The second kappa shape index (κ2) is 5.66. The van der Waals surface area contributed by atoms with Crippen LogP contribution in [0.25, 0.3) is 0 Å². The van der Waals surface area contributed by atoms with Crippen LogP contribution in [0.1, 0.15) is 44.0 Å². The monoisotopic (exact) mass is 253 g/mol. The first-order valence-corrected chi connectivity index (χ1v) is 5.97. The Morgan fingerprint density at radius 2 is 2.17 bits per heavy atom. The predicted molar refractivity (Wildman–Crippen MR) is 66.3 cm³/mol. The van der Waals surface area contributed by atoms with Gasteiger partial charge in [-0.3, -0.25) is 14.3 Å². The lowest BCUT2D eigenvalue weighted by Crippen LogP contribution is -2.46. The van der Waals surface area contributed by atoms with E-state index in [-0.39, 0.29) is 12.3 Å². The minimum absolute atomic E-state index is 0.100. The summed E-state index contributed by atoms with van der Waals surface area (Å²) in [5, 5.41) is 15.6. The highest BCUT2D eigenvalue weighted by molar-refractivity contribution is 5.94. The van der Waals surface area contributed by atoms with E-state index in [4.69, 9.17) is 5.11 Å². The molecule has 0 aliphatic carbocycles. The molecule has 6 nitrogen and oxygen atoms in total. The van der Waals surface area contributed by atoms with Gasteiger partial charge in [0.25, 0.3) is 5.91 Å². The zero-order chi connectivity index (χ0) is 13.8. The number of nitrogens with zero attached hydrogens (tertiary/aromatic N) is 2. The molecule has 2 N–H and O–H groups in total. The van der Waals surface area contributed by atoms with E-state index in [1.165, 1.54) is 6.20 Å². The second-order valence-electron chi connectivity index (χ2n) is 4.52. The van der Waals surface area contributed by atoms with Gasteiger partial charge in [-0.2, -0.15) is 5.10 Å². The lowest BCUT2D eigenvalue weighted by atomic mass is 9.94. The number of carbonyl (C=O) groups excluding carboxylic acids is 1. The molecular formula is C12H19N3O3. The number of aromatic nitrogens is 2. The first-order valence-electron chi connectivity index (χ1n) is 5.97. The van der Waals surface area contributed by atoms with Gasteiger partial charge in [0.2, 0.25) is 0 Å². The average molecular weight is 253 g/mol. The Bertz CT molecular complexity index is 442. The number of carbonyl (C=O) groups is 2. The van der Waals surface area contributed by atoms with Crippen molar-refractivity contribution in [1.29, 1.82) is 0 Å². The van der Waals surface area contributed by atoms with E-state index in [0.29, 0.717) is 18.5 Å². The van der Waals surface area contributed by atoms with E-state index >= 15 is 0 Å². The maximum atomic E-state index is 12.0. The van der Waals surface area contributed by atoms with Crippen LogP contribution in [0.15, 0.2) is 12.4 Å². The van der Waals surface area contributed by atoms with Crippen molar-refractivity contribution in [3.05, 3.63) is 18.0 Å². The van der Waals surface area contributed by atoms with Crippen molar-refractivity contribution < 1.29 is 14.7 Å². The third-order valence-corrected chi connectivity index (χ3v) is 2.96. The standard InChI is InChI=1S/C12H19N3O3/c1-4-12(3,6-10(16)17)14-11(18)9-7-13-15(5-2)8-9/h7-8H,4-6H2,1-3H3,(H,14,18)(H,16,17)/t12-/m1/s1. The molecule has 1 atom stereocenters. The molecule has 1 amide bonds. The molecule has 0 bridgehead atoms. The van der Waals surface area contributed by atoms with Gasteiger partial charge in [0.05, 0.1) is 18.2 Å². The molecule has 18 heavy (non-hydrogen) atoms. The summed E-state index contributed by atoms with van der Waals surface area (Å²) < 4.78 is 1.65. The van der Waals surface area contributed by atoms with Gasteiger partial charge in [-0.05, 0) is 20.3 Å². The molecule has 0 radical (unpaired) electrons. The van der Waals surface area contributed by atoms with Crippen LogP contribution >= 0.6 is 0 Å². The van der Waals surface area contributed by atoms with E-state index < -0.39 is 11.5 Å². The summed E-state index contributed by atoms with van der Waals surface area (Å²) in [5.74, 6) is -1.22. The fourth-order valence-electron chi connectivity index (χ4n) is 1.59. The number of aliphatic carboxylic acids is 1. The Labute approximate surface area is 106 Å². The molecule has 6 heteroatoms. The molecule has 0 aliphatic rings. The minimum atomic E-state index is -0.927. The van der Waals surface area contributed by atoms with Gasteiger partial charge in [0, 0.05) is 18.3 Å². The van der Waals surface area contributed by atoms with E-state index in [1.54, 1.807) is 17.8 Å². The van der Waals surface area contributed by atoms with Crippen molar-refractivity contribution in [1.82, 2.24) is 15.1 Å². The zero-order valence-electron chi connectivity index (χ0n) is 10.9. The van der Waals surface area contributed by atoms with Gasteiger partial charge in [0.1, 0.15) is 0 Å². The molecule has 0 fully saturated rings. The topological polar surface area (TPSA) is 84.2 Å². The van der Waals surface area contributed by atoms with Crippen LogP contribution in [0, 0.1) is 0 Å². The maximum Gasteiger partial charge on any atom is 0.305 e. The summed E-state index contributed by atoms with van der Waals surface area (Å²) in [6.45, 7) is 6.19. The third-order valence-electron chi connectivity index (χ3n) is 2.96. The molecule has 0 saturated heterocycles. The van der Waals surface area contributed by atoms with E-state index in [9.17, 15) is 9.59 Å². The quantitative estimate of drug-likeness (QED) is 0.799. The number of hydrogen-bond acceptors (Lipinski definition) is 3. The van der Waals surface area contributed by atoms with Gasteiger partial charge in [0.15, 0.2) is 0 Å². The number of carboxylic acids is 1. The van der Waals surface area contributed by atoms with Gasteiger partial charge in [-0.25, -0.2) is 0 Å². The summed E-state index contributed by atoms with van der Waals surface area (Å²) in [4.78, 5) is 22.7. The predicted octanol–water partition coefficient (Wildman–Crippen LogP) is 1.28. The van der Waals surface area contributed by atoms with Crippen LogP contribution in [-0.4, -0.2) is 32.3 Å². The number of rotatable bonds is 6. The summed E-state index contributed by atoms with van der Waals surface area (Å²) in [5.41, 5.74) is -0.293. The Kier molecular flexibility index (Phi) is 4.47. The summed E-state index contributed by atoms with van der Waals surface area (Å²) in [7, 11) is 0. The second-order valence-corrected chi connectivity index (χ2v) is 4.52. The van der Waals surface area contributed by atoms with Crippen molar-refractivity contribution in [2.75, 3.05) is 0 Å². The van der Waals surface area contributed by atoms with Crippen molar-refractivity contribution in [3.8, 4) is 0 Å². The Balaban J connectivity index is 2.75. The van der Waals surface area contributed by atoms with Crippen LogP contribution in [0.2, 0.25) is 0 Å². The highest BCUT2D eigenvalue weighted by Crippen LogP contribution is 2.15. The molecule has 0 aliphatic heterocycles. The SMILES string of the molecule is CCn1cc(C(=O)N[C@](C)(CC)CC(=O)O)cn1. The van der Waals surface area contributed by atoms with Gasteiger partial charge in [-0.15, -0.1) is 0 Å². The largest absolute Gasteiger partial charge is 0.481 e. The minimum Gasteiger partial charge on any atom is -0.481 e. The Hall–Kier alpha value is -1.85. The van der Waals surface area contributed by atoms with Crippen molar-refractivity contribution in [2.24, 2.45) is 0 Å². The molecule has 1 aromatic rings. The maximum absolute atomic E-state index is 12.0. The van der Waals surface area contributed by atoms with E-state index in [2.05, 4.69) is 10.4 Å². The first-order chi connectivity index (χ1) is 8.40. The lowest BCUT2D eigenvalue weighted by molar-refractivity contribution is -0.138. The normalized spacial score (nSPS) is 13.9. The zero-order valence-corrected chi connectivity index (χ0v) is 10.9. The molecule has 0 aromatic carbocycles. The van der Waals surface area contributed by atoms with E-state index in [1.807, 2.05) is 13.8 Å². The summed E-state index contributed by atoms with van der Waals surface area (Å²) >= 11 is 0. The van der Waals surface area contributed by atoms with Gasteiger partial charge in [-0.1, -0.05) is 6.92 Å². The molecule has 1 rings (SSSR count). The molecule has 1 heterocycles.